The highest BCUT2D eigenvalue weighted by Gasteiger charge is 2.31. The fraction of sp³-hybridized carbons (Fsp3) is 0.455. The molecule has 3 nitrogen and oxygen atoms in total. The van der Waals surface area contributed by atoms with Gasteiger partial charge in [0.05, 0.1) is 10.4 Å². The van der Waals surface area contributed by atoms with Crippen LogP contribution in [0.2, 0.25) is 0 Å². The lowest BCUT2D eigenvalue weighted by Crippen LogP contribution is -2.50. The number of rotatable bonds is 6. The summed E-state index contributed by atoms with van der Waals surface area (Å²) in [4.78, 5) is 0.261. The molecule has 1 aromatic carbocycles. The molecule has 0 amide bonds. The Balaban J connectivity index is 3.08. The molecular weight excluding hydrogens is 450 g/mol. The van der Waals surface area contributed by atoms with Crippen LogP contribution in [0.25, 0.3) is 0 Å². The molecule has 1 rings (SSSR count). The molecule has 0 aliphatic carbocycles. The first-order chi connectivity index (χ1) is 8.39. The van der Waals surface area contributed by atoms with Gasteiger partial charge in [0.25, 0.3) is 0 Å². The summed E-state index contributed by atoms with van der Waals surface area (Å²) in [5.41, 5.74) is -0.513. The zero-order valence-corrected chi connectivity index (χ0v) is 15.4. The average Bonchev–Trinajstić information content (AvgIpc) is 2.36. The molecule has 0 spiro atoms. The number of benzene rings is 1. The van der Waals surface area contributed by atoms with Gasteiger partial charge in [0.2, 0.25) is 10.0 Å². The minimum atomic E-state index is -3.52. The van der Waals surface area contributed by atoms with Gasteiger partial charge in [-0.3, -0.25) is 0 Å². The molecule has 1 N–H and O–H groups in total. The van der Waals surface area contributed by atoms with Crippen molar-refractivity contribution in [2.75, 3.05) is 10.7 Å². The van der Waals surface area contributed by atoms with E-state index in [-0.39, 0.29) is 4.90 Å². The van der Waals surface area contributed by atoms with Crippen LogP contribution >= 0.6 is 47.8 Å². The maximum absolute atomic E-state index is 12.3. The van der Waals surface area contributed by atoms with Gasteiger partial charge in [0, 0.05) is 15.1 Å². The topological polar surface area (TPSA) is 46.2 Å². The lowest BCUT2D eigenvalue weighted by atomic mass is 10.0. The average molecular weight is 464 g/mol. The van der Waals surface area contributed by atoms with Crippen LogP contribution in [0.5, 0.6) is 0 Å². The van der Waals surface area contributed by atoms with E-state index < -0.39 is 15.6 Å². The van der Waals surface area contributed by atoms with E-state index in [2.05, 4.69) is 52.5 Å². The Morgan fingerprint density at radius 1 is 1.28 bits per heavy atom. The third-order valence-electron chi connectivity index (χ3n) is 2.65. The predicted octanol–water partition coefficient (Wildman–Crippen LogP) is 3.67. The highest BCUT2D eigenvalue weighted by atomic mass is 79.9. The summed E-state index contributed by atoms with van der Waals surface area (Å²) in [6, 6.07) is 6.66. The molecule has 102 valence electrons. The van der Waals surface area contributed by atoms with Crippen molar-refractivity contribution >= 4 is 57.8 Å². The van der Waals surface area contributed by atoms with Crippen LogP contribution in [0.3, 0.4) is 0 Å². The van der Waals surface area contributed by atoms with E-state index in [0.29, 0.717) is 17.1 Å². The Kier molecular flexibility index (Phi) is 6.31. The van der Waals surface area contributed by atoms with Gasteiger partial charge in [0.1, 0.15) is 0 Å². The monoisotopic (exact) mass is 461 g/mol. The summed E-state index contributed by atoms with van der Waals surface area (Å²) in [7, 11) is -3.52. The lowest BCUT2D eigenvalue weighted by molar-refractivity contribution is 0.459. The number of hydrogen-bond donors (Lipinski definition) is 1. The van der Waals surface area contributed by atoms with E-state index in [4.69, 9.17) is 0 Å². The van der Waals surface area contributed by atoms with Crippen LogP contribution in [0.4, 0.5) is 0 Å². The van der Waals surface area contributed by atoms with Crippen molar-refractivity contribution in [1.29, 1.82) is 0 Å². The Hall–Kier alpha value is 0.570. The van der Waals surface area contributed by atoms with E-state index in [0.717, 1.165) is 4.47 Å². The molecule has 0 saturated heterocycles. The number of sulfonamides is 1. The molecule has 0 atom stereocenters. The molecule has 0 fully saturated rings. The van der Waals surface area contributed by atoms with Gasteiger partial charge in [-0.05, 0) is 24.6 Å². The minimum Gasteiger partial charge on any atom is -0.207 e. The third kappa shape index (κ3) is 4.03. The maximum Gasteiger partial charge on any atom is 0.241 e. The Morgan fingerprint density at radius 2 is 1.89 bits per heavy atom. The fourth-order valence-electron chi connectivity index (χ4n) is 1.33. The first kappa shape index (κ1) is 16.6. The summed E-state index contributed by atoms with van der Waals surface area (Å²) >= 11 is 10.0. The number of nitrogens with one attached hydrogen (secondary N) is 1. The smallest absolute Gasteiger partial charge is 0.207 e. The van der Waals surface area contributed by atoms with E-state index >= 15 is 0 Å². The Labute approximate surface area is 133 Å². The van der Waals surface area contributed by atoms with Crippen LogP contribution in [0.1, 0.15) is 13.3 Å². The van der Waals surface area contributed by atoms with E-state index in [9.17, 15) is 8.42 Å². The molecule has 18 heavy (non-hydrogen) atoms. The van der Waals surface area contributed by atoms with Crippen molar-refractivity contribution in [2.24, 2.45) is 0 Å². The molecule has 0 aliphatic rings. The summed E-state index contributed by atoms with van der Waals surface area (Å²) in [5, 5.41) is 1.10. The van der Waals surface area contributed by atoms with Gasteiger partial charge in [-0.2, -0.15) is 0 Å². The number of hydrogen-bond acceptors (Lipinski definition) is 2. The Bertz CT molecular complexity index is 493. The highest BCUT2D eigenvalue weighted by molar-refractivity contribution is 9.10. The lowest BCUT2D eigenvalue weighted by Gasteiger charge is -2.29. The van der Waals surface area contributed by atoms with E-state index in [1.807, 2.05) is 6.92 Å². The van der Waals surface area contributed by atoms with Crippen molar-refractivity contribution in [3.63, 3.8) is 0 Å². The summed E-state index contributed by atoms with van der Waals surface area (Å²) < 4.78 is 28.1. The van der Waals surface area contributed by atoms with Crippen LogP contribution in [-0.2, 0) is 10.0 Å². The zero-order valence-electron chi connectivity index (χ0n) is 9.79. The molecule has 0 radical (unpaired) electrons. The SMILES string of the molecule is CCC(CBr)(CBr)NS(=O)(=O)c1cccc(Br)c1. The fourth-order valence-corrected chi connectivity index (χ4v) is 5.77. The summed E-state index contributed by atoms with van der Waals surface area (Å²) in [6.45, 7) is 1.95. The van der Waals surface area contributed by atoms with Crippen molar-refractivity contribution in [1.82, 2.24) is 4.72 Å². The molecule has 0 aliphatic heterocycles. The van der Waals surface area contributed by atoms with Gasteiger partial charge in [-0.15, -0.1) is 0 Å². The van der Waals surface area contributed by atoms with Crippen LogP contribution in [-0.4, -0.2) is 24.6 Å². The van der Waals surface area contributed by atoms with Gasteiger partial charge in [-0.1, -0.05) is 60.8 Å². The first-order valence-electron chi connectivity index (χ1n) is 5.30. The van der Waals surface area contributed by atoms with Gasteiger partial charge in [-0.25, -0.2) is 13.1 Å². The second kappa shape index (κ2) is 6.83. The predicted molar refractivity (Wildman–Crippen MR) is 85.1 cm³/mol. The van der Waals surface area contributed by atoms with Gasteiger partial charge in [0.15, 0.2) is 0 Å². The normalized spacial score (nSPS) is 12.7. The van der Waals surface area contributed by atoms with E-state index in [1.165, 1.54) is 0 Å². The van der Waals surface area contributed by atoms with Crippen LogP contribution < -0.4 is 4.72 Å². The number of halogens is 3. The van der Waals surface area contributed by atoms with Crippen molar-refractivity contribution in [3.8, 4) is 0 Å². The Morgan fingerprint density at radius 3 is 2.33 bits per heavy atom. The molecule has 0 unspecified atom stereocenters. The highest BCUT2D eigenvalue weighted by Crippen LogP contribution is 2.22. The number of alkyl halides is 2. The molecule has 0 bridgehead atoms. The van der Waals surface area contributed by atoms with Crippen molar-refractivity contribution in [2.45, 2.75) is 23.8 Å². The molecular formula is C11H14Br3NO2S. The van der Waals surface area contributed by atoms with Gasteiger partial charge >= 0.3 is 0 Å². The largest absolute Gasteiger partial charge is 0.241 e. The molecule has 0 aromatic heterocycles. The third-order valence-corrected chi connectivity index (χ3v) is 6.86. The molecule has 1 aromatic rings. The van der Waals surface area contributed by atoms with Crippen molar-refractivity contribution < 1.29 is 8.42 Å². The maximum atomic E-state index is 12.3. The molecule has 7 heteroatoms. The second-order valence-corrected chi connectivity index (χ2v) is 7.68. The second-order valence-electron chi connectivity index (χ2n) is 3.96. The van der Waals surface area contributed by atoms with Crippen LogP contribution in [0.15, 0.2) is 33.6 Å². The summed E-state index contributed by atoms with van der Waals surface area (Å²) in [6.07, 6.45) is 0.691. The summed E-state index contributed by atoms with van der Waals surface area (Å²) in [5.74, 6) is 0. The first-order valence-corrected chi connectivity index (χ1v) is 9.82. The quantitative estimate of drug-likeness (QED) is 0.654. The van der Waals surface area contributed by atoms with Crippen molar-refractivity contribution in [3.05, 3.63) is 28.7 Å². The molecule has 0 heterocycles. The standard InChI is InChI=1S/C11H14Br3NO2S/c1-2-11(7-12,8-13)15-18(16,17)10-5-3-4-9(14)6-10/h3-6,15H,2,7-8H2,1H3. The van der Waals surface area contributed by atoms with Crippen LogP contribution in [0, 0.1) is 0 Å². The minimum absolute atomic E-state index is 0.261. The molecule has 0 saturated carbocycles. The zero-order chi connectivity index (χ0) is 13.8. The van der Waals surface area contributed by atoms with Gasteiger partial charge < -0.3 is 0 Å². The van der Waals surface area contributed by atoms with E-state index in [1.54, 1.807) is 24.3 Å².